The van der Waals surface area contributed by atoms with Gasteiger partial charge in [-0.15, -0.1) is 0 Å². The maximum atomic E-state index is 14.5. The zero-order valence-electron chi connectivity index (χ0n) is 33.9. The number of hydrogen-bond acceptors (Lipinski definition) is 7. The molecule has 64 heavy (non-hydrogen) atoms. The molecule has 0 bridgehead atoms. The van der Waals surface area contributed by atoms with Crippen molar-refractivity contribution in [2.45, 2.75) is 79.1 Å². The lowest BCUT2D eigenvalue weighted by Crippen LogP contribution is -2.37. The van der Waals surface area contributed by atoms with Crippen molar-refractivity contribution in [1.29, 1.82) is 0 Å². The molecule has 2 atom stereocenters. The summed E-state index contributed by atoms with van der Waals surface area (Å²) in [4.78, 5) is 2.72. The van der Waals surface area contributed by atoms with Crippen LogP contribution in [0, 0.1) is 0 Å². The SMILES string of the molecule is O=S(=O)(N[C@@H]1CCN(Cc2ccc(-c3ccc(Cl)cc3)cc2)C1)c1cc(-c2cc(CN3CC[C@@H](NS(=O)(=O)c4cc(C(F)(F)F)ccc4Cl)C3)ccc2OC2CC2)cc(C(F)(F)F)c1. The van der Waals surface area contributed by atoms with Gasteiger partial charge in [0.15, 0.2) is 0 Å². The van der Waals surface area contributed by atoms with E-state index in [9.17, 15) is 43.2 Å². The molecule has 19 heteroatoms. The molecule has 1 saturated carbocycles. The first-order valence-corrected chi connectivity index (χ1v) is 24.1. The Bertz CT molecular complexity index is 2740. The summed E-state index contributed by atoms with van der Waals surface area (Å²) in [5.41, 5.74) is 1.57. The second kappa shape index (κ2) is 18.2. The van der Waals surface area contributed by atoms with Gasteiger partial charge in [0, 0.05) is 61.9 Å². The highest BCUT2D eigenvalue weighted by Crippen LogP contribution is 2.41. The van der Waals surface area contributed by atoms with Crippen LogP contribution in [-0.2, 0) is 45.5 Å². The topological polar surface area (TPSA) is 108 Å². The number of rotatable bonds is 14. The van der Waals surface area contributed by atoms with Crippen molar-refractivity contribution in [2.75, 3.05) is 26.2 Å². The van der Waals surface area contributed by atoms with Gasteiger partial charge in [0.25, 0.3) is 0 Å². The van der Waals surface area contributed by atoms with Crippen molar-refractivity contribution in [3.05, 3.63) is 135 Å². The van der Waals surface area contributed by atoms with Gasteiger partial charge in [0.05, 0.1) is 27.1 Å². The molecule has 2 saturated heterocycles. The number of benzene rings is 5. The quantitative estimate of drug-likeness (QED) is 0.107. The summed E-state index contributed by atoms with van der Waals surface area (Å²) in [5.74, 6) is 0.277. The number of likely N-dealkylation sites (tertiary alicyclic amines) is 2. The number of alkyl halides is 6. The van der Waals surface area contributed by atoms with E-state index < -0.39 is 65.4 Å². The van der Waals surface area contributed by atoms with Crippen molar-refractivity contribution in [3.63, 3.8) is 0 Å². The average Bonchev–Trinajstić information content (AvgIpc) is 3.79. The highest BCUT2D eigenvalue weighted by molar-refractivity contribution is 7.89. The standard InChI is InChI=1S/C45H42Cl2F6N4O5S2/c46-35-9-6-31(7-10-35)30-4-1-28(2-5-30)24-56-17-15-36(26-56)54-63(58,59)39-21-32(20-34(22-39)45(51,52)53)40-19-29(3-14-42(40)62-38-11-12-38)25-57-18-16-37(27-57)55-64(60,61)43-23-33(44(48,49)50)8-13-41(43)47/h1-10,13-14,19-23,36-38,54-55H,11-12,15-18,24-27H2/t36-,37-/m1/s1. The first kappa shape index (κ1) is 46.3. The minimum absolute atomic E-state index is 0.0205. The smallest absolute Gasteiger partial charge is 0.416 e. The van der Waals surface area contributed by atoms with Crippen molar-refractivity contribution in [3.8, 4) is 28.0 Å². The summed E-state index contributed by atoms with van der Waals surface area (Å²) in [6.45, 7) is 2.24. The Hall–Kier alpha value is -4.20. The molecular weight excluding hydrogens is 926 g/mol. The first-order chi connectivity index (χ1) is 30.2. The van der Waals surface area contributed by atoms with Gasteiger partial charge >= 0.3 is 12.4 Å². The van der Waals surface area contributed by atoms with E-state index in [0.29, 0.717) is 67.8 Å². The highest BCUT2D eigenvalue weighted by atomic mass is 35.5. The molecule has 3 fully saturated rings. The molecule has 8 rings (SSSR count). The van der Waals surface area contributed by atoms with Gasteiger partial charge in [-0.05, 0) is 114 Å². The van der Waals surface area contributed by atoms with E-state index in [1.165, 1.54) is 6.07 Å². The van der Waals surface area contributed by atoms with E-state index >= 15 is 0 Å². The van der Waals surface area contributed by atoms with Crippen LogP contribution in [0.15, 0.2) is 113 Å². The van der Waals surface area contributed by atoms with Crippen LogP contribution in [0.3, 0.4) is 0 Å². The fourth-order valence-electron chi connectivity index (χ4n) is 8.00. The van der Waals surface area contributed by atoms with Crippen molar-refractivity contribution >= 4 is 43.2 Å². The van der Waals surface area contributed by atoms with Crippen molar-refractivity contribution in [2.24, 2.45) is 0 Å². The van der Waals surface area contributed by atoms with E-state index in [1.807, 2.05) is 53.4 Å². The minimum atomic E-state index is -4.89. The average molecular weight is 968 g/mol. The van der Waals surface area contributed by atoms with Crippen molar-refractivity contribution < 1.29 is 47.9 Å². The van der Waals surface area contributed by atoms with Gasteiger partial charge in [0.1, 0.15) is 10.6 Å². The molecule has 1 aliphatic carbocycles. The Morgan fingerprint density at radius 2 is 1.16 bits per heavy atom. The molecular formula is C45H42Cl2F6N4O5S2. The molecule has 5 aromatic carbocycles. The molecule has 2 aliphatic heterocycles. The third-order valence-corrected chi connectivity index (χ3v) is 15.2. The van der Waals surface area contributed by atoms with Gasteiger partial charge in [-0.3, -0.25) is 9.80 Å². The van der Waals surface area contributed by atoms with E-state index in [2.05, 4.69) is 14.3 Å². The second-order valence-corrected chi connectivity index (χ2v) is 20.7. The van der Waals surface area contributed by atoms with Gasteiger partial charge in [0.2, 0.25) is 20.0 Å². The van der Waals surface area contributed by atoms with Gasteiger partial charge in [-0.1, -0.05) is 65.7 Å². The lowest BCUT2D eigenvalue weighted by Gasteiger charge is -2.20. The lowest BCUT2D eigenvalue weighted by molar-refractivity contribution is -0.138. The van der Waals surface area contributed by atoms with Crippen LogP contribution in [-0.4, -0.2) is 71.0 Å². The molecule has 3 aliphatic rings. The predicted octanol–water partition coefficient (Wildman–Crippen LogP) is 10.0. The monoisotopic (exact) mass is 966 g/mol. The number of nitrogens with one attached hydrogen (secondary N) is 2. The Morgan fingerprint density at radius 3 is 1.75 bits per heavy atom. The lowest BCUT2D eigenvalue weighted by atomic mass is 9.99. The number of hydrogen-bond donors (Lipinski definition) is 2. The largest absolute Gasteiger partial charge is 0.490 e. The summed E-state index contributed by atoms with van der Waals surface area (Å²) in [6.07, 6.45) is -7.57. The fourth-order valence-corrected chi connectivity index (χ4v) is 11.2. The van der Waals surface area contributed by atoms with Gasteiger partial charge in [-0.25, -0.2) is 26.3 Å². The molecule has 5 aromatic rings. The molecule has 2 N–H and O–H groups in total. The molecule has 0 spiro atoms. The molecule has 9 nitrogen and oxygen atoms in total. The molecule has 340 valence electrons. The molecule has 0 unspecified atom stereocenters. The summed E-state index contributed by atoms with van der Waals surface area (Å²) in [7, 11) is -8.90. The van der Waals surface area contributed by atoms with Crippen LogP contribution in [0.2, 0.25) is 10.0 Å². The maximum Gasteiger partial charge on any atom is 0.416 e. The Kier molecular flexibility index (Phi) is 13.2. The second-order valence-electron chi connectivity index (χ2n) is 16.4. The molecule has 0 aromatic heterocycles. The summed E-state index contributed by atoms with van der Waals surface area (Å²) >= 11 is 12.0. The zero-order valence-corrected chi connectivity index (χ0v) is 37.0. The Labute approximate surface area is 377 Å². The van der Waals surface area contributed by atoms with Gasteiger partial charge in [-0.2, -0.15) is 26.3 Å². The predicted molar refractivity (Wildman–Crippen MR) is 232 cm³/mol. The minimum Gasteiger partial charge on any atom is -0.490 e. The summed E-state index contributed by atoms with van der Waals surface area (Å²) in [5, 5.41) is 0.273. The van der Waals surface area contributed by atoms with Crippen LogP contribution in [0.25, 0.3) is 22.3 Å². The van der Waals surface area contributed by atoms with Crippen LogP contribution in [0.5, 0.6) is 5.75 Å². The number of ether oxygens (including phenoxy) is 1. The van der Waals surface area contributed by atoms with Crippen LogP contribution in [0.4, 0.5) is 26.3 Å². The van der Waals surface area contributed by atoms with Crippen LogP contribution in [0.1, 0.15) is 47.9 Å². The summed E-state index contributed by atoms with van der Waals surface area (Å²) in [6, 6.07) is 24.0. The van der Waals surface area contributed by atoms with E-state index in [1.54, 1.807) is 18.2 Å². The molecule has 2 heterocycles. The third kappa shape index (κ3) is 11.2. The van der Waals surface area contributed by atoms with Crippen molar-refractivity contribution in [1.82, 2.24) is 19.2 Å². The van der Waals surface area contributed by atoms with Crippen LogP contribution < -0.4 is 14.2 Å². The zero-order chi connectivity index (χ0) is 45.6. The fraction of sp³-hybridized carbons (Fsp3) is 0.333. The first-order valence-electron chi connectivity index (χ1n) is 20.4. The molecule has 0 amide bonds. The Morgan fingerprint density at radius 1 is 0.594 bits per heavy atom. The number of sulfonamides is 2. The normalized spacial score (nSPS) is 19.1. The number of nitrogens with zero attached hydrogens (tertiary/aromatic N) is 2. The van der Waals surface area contributed by atoms with E-state index in [4.69, 9.17) is 27.9 Å². The van der Waals surface area contributed by atoms with Crippen LogP contribution >= 0.6 is 23.2 Å². The maximum absolute atomic E-state index is 14.5. The van der Waals surface area contributed by atoms with E-state index in [0.717, 1.165) is 41.7 Å². The van der Waals surface area contributed by atoms with E-state index in [-0.39, 0.29) is 41.1 Å². The van der Waals surface area contributed by atoms with Gasteiger partial charge < -0.3 is 4.74 Å². The third-order valence-electron chi connectivity index (χ3n) is 11.4. The number of halogens is 8. The molecule has 0 radical (unpaired) electrons. The summed E-state index contributed by atoms with van der Waals surface area (Å²) < 4.78 is 149. The Balaban J connectivity index is 0.976. The highest BCUT2D eigenvalue weighted by Gasteiger charge is 2.36.